The van der Waals surface area contributed by atoms with Crippen molar-refractivity contribution in [3.8, 4) is 0 Å². The molecule has 1 atom stereocenters. The lowest BCUT2D eigenvalue weighted by atomic mass is 10.1. The van der Waals surface area contributed by atoms with Gasteiger partial charge in [-0.2, -0.15) is 0 Å². The van der Waals surface area contributed by atoms with Crippen LogP contribution in [0.1, 0.15) is 22.1 Å². The Labute approximate surface area is 98.7 Å². The third-order valence-electron chi connectivity index (χ3n) is 2.79. The van der Waals surface area contributed by atoms with E-state index < -0.39 is 0 Å². The van der Waals surface area contributed by atoms with Crippen molar-refractivity contribution in [3.63, 3.8) is 0 Å². The minimum absolute atomic E-state index is 0.0545. The van der Waals surface area contributed by atoms with E-state index >= 15 is 0 Å². The van der Waals surface area contributed by atoms with Gasteiger partial charge >= 0.3 is 0 Å². The molecule has 0 bridgehead atoms. The quantitative estimate of drug-likeness (QED) is 0.779. The van der Waals surface area contributed by atoms with Crippen LogP contribution in [0.2, 0.25) is 0 Å². The van der Waals surface area contributed by atoms with Crippen molar-refractivity contribution in [1.29, 1.82) is 0 Å². The molecule has 2 N–H and O–H groups in total. The lowest BCUT2D eigenvalue weighted by Gasteiger charge is -2.27. The molecule has 0 saturated heterocycles. The fourth-order valence-corrected chi connectivity index (χ4v) is 1.93. The molecule has 0 unspecified atom stereocenters. The van der Waals surface area contributed by atoms with Crippen LogP contribution in [0.5, 0.6) is 0 Å². The molecule has 2 heterocycles. The first kappa shape index (κ1) is 9.84. The highest BCUT2D eigenvalue weighted by Gasteiger charge is 2.23. The first-order valence-corrected chi connectivity index (χ1v) is 5.41. The van der Waals surface area contributed by atoms with Crippen LogP contribution in [0.25, 0.3) is 0 Å². The molecular formula is C13H11N3O. The number of rotatable bonds is 1. The van der Waals surface area contributed by atoms with Gasteiger partial charge in [-0.25, -0.2) is 0 Å². The number of hydrogen-bond donors (Lipinski definition) is 2. The van der Waals surface area contributed by atoms with E-state index in [1.165, 1.54) is 0 Å². The van der Waals surface area contributed by atoms with E-state index in [-0.39, 0.29) is 12.1 Å². The molecular weight excluding hydrogens is 214 g/mol. The number of hydrogen-bond acceptors (Lipinski definition) is 3. The predicted octanol–water partition coefficient (Wildman–Crippen LogP) is 1.94. The van der Waals surface area contributed by atoms with Gasteiger partial charge in [0, 0.05) is 18.1 Å². The van der Waals surface area contributed by atoms with Crippen LogP contribution < -0.4 is 10.6 Å². The summed E-state index contributed by atoms with van der Waals surface area (Å²) in [7, 11) is 0. The van der Waals surface area contributed by atoms with Gasteiger partial charge < -0.3 is 10.6 Å². The molecule has 0 saturated carbocycles. The monoisotopic (exact) mass is 225 g/mol. The average molecular weight is 225 g/mol. The molecule has 4 heteroatoms. The molecule has 0 spiro atoms. The normalized spacial score (nSPS) is 17.9. The highest BCUT2D eigenvalue weighted by Crippen LogP contribution is 2.25. The van der Waals surface area contributed by atoms with E-state index in [0.29, 0.717) is 5.56 Å². The SMILES string of the molecule is O=C1N[C@H](c2ccncc2)Nc2ccccc21. The number of fused-ring (bicyclic) bond motifs is 1. The van der Waals surface area contributed by atoms with Crippen LogP contribution in [0.4, 0.5) is 5.69 Å². The number of anilines is 1. The van der Waals surface area contributed by atoms with E-state index in [1.54, 1.807) is 18.5 Å². The van der Waals surface area contributed by atoms with Crippen molar-refractivity contribution in [2.75, 3.05) is 5.32 Å². The summed E-state index contributed by atoms with van der Waals surface area (Å²) in [6.07, 6.45) is 3.23. The summed E-state index contributed by atoms with van der Waals surface area (Å²) < 4.78 is 0. The second kappa shape index (κ2) is 3.90. The van der Waals surface area contributed by atoms with Crippen molar-refractivity contribution in [2.45, 2.75) is 6.17 Å². The van der Waals surface area contributed by atoms with Crippen molar-refractivity contribution in [2.24, 2.45) is 0 Å². The molecule has 1 amide bonds. The number of aromatic nitrogens is 1. The van der Waals surface area contributed by atoms with E-state index in [4.69, 9.17) is 0 Å². The smallest absolute Gasteiger partial charge is 0.255 e. The summed E-state index contributed by atoms with van der Waals surface area (Å²) in [5.74, 6) is -0.0545. The number of amides is 1. The highest BCUT2D eigenvalue weighted by molar-refractivity contribution is 6.01. The standard InChI is InChI=1S/C13H11N3O/c17-13-10-3-1-2-4-11(10)15-12(16-13)9-5-7-14-8-6-9/h1-8,12,15H,(H,16,17)/t12-/m1/s1. The number of pyridine rings is 1. The van der Waals surface area contributed by atoms with Gasteiger partial charge in [0.05, 0.1) is 5.56 Å². The van der Waals surface area contributed by atoms with Crippen LogP contribution in [0, 0.1) is 0 Å². The summed E-state index contributed by atoms with van der Waals surface area (Å²) in [6.45, 7) is 0. The van der Waals surface area contributed by atoms with Crippen molar-refractivity contribution in [1.82, 2.24) is 10.3 Å². The molecule has 1 aromatic carbocycles. The molecule has 1 aliphatic heterocycles. The number of carbonyl (C=O) groups excluding carboxylic acids is 1. The molecule has 3 rings (SSSR count). The number of para-hydroxylation sites is 1. The lowest BCUT2D eigenvalue weighted by molar-refractivity contribution is 0.0935. The Morgan fingerprint density at radius 3 is 2.59 bits per heavy atom. The summed E-state index contributed by atoms with van der Waals surface area (Å²) in [5.41, 5.74) is 2.53. The Morgan fingerprint density at radius 2 is 1.76 bits per heavy atom. The zero-order valence-corrected chi connectivity index (χ0v) is 9.05. The van der Waals surface area contributed by atoms with Crippen LogP contribution in [0.15, 0.2) is 48.8 Å². The molecule has 17 heavy (non-hydrogen) atoms. The molecule has 0 aliphatic carbocycles. The zero-order chi connectivity index (χ0) is 11.7. The maximum atomic E-state index is 11.9. The van der Waals surface area contributed by atoms with Gasteiger partial charge in [-0.05, 0) is 29.8 Å². The third kappa shape index (κ3) is 1.73. The summed E-state index contributed by atoms with van der Waals surface area (Å²) >= 11 is 0. The minimum atomic E-state index is -0.194. The fourth-order valence-electron chi connectivity index (χ4n) is 1.93. The Morgan fingerprint density at radius 1 is 1.00 bits per heavy atom. The van der Waals surface area contributed by atoms with Crippen LogP contribution in [0.3, 0.4) is 0 Å². The Bertz CT molecular complexity index is 554. The average Bonchev–Trinajstić information content (AvgIpc) is 2.40. The van der Waals surface area contributed by atoms with Gasteiger partial charge in [0.2, 0.25) is 0 Å². The molecule has 1 aliphatic rings. The number of carbonyl (C=O) groups is 1. The second-order valence-electron chi connectivity index (χ2n) is 3.88. The third-order valence-corrected chi connectivity index (χ3v) is 2.79. The predicted molar refractivity (Wildman–Crippen MR) is 64.5 cm³/mol. The topological polar surface area (TPSA) is 54.0 Å². The second-order valence-corrected chi connectivity index (χ2v) is 3.88. The van der Waals surface area contributed by atoms with E-state index in [9.17, 15) is 4.79 Å². The fraction of sp³-hybridized carbons (Fsp3) is 0.0769. The van der Waals surface area contributed by atoms with Gasteiger partial charge in [0.1, 0.15) is 6.17 Å². The van der Waals surface area contributed by atoms with Crippen molar-refractivity contribution in [3.05, 3.63) is 59.9 Å². The number of benzene rings is 1. The van der Waals surface area contributed by atoms with Gasteiger partial charge in [0.25, 0.3) is 5.91 Å². The maximum absolute atomic E-state index is 11.9. The lowest BCUT2D eigenvalue weighted by Crippen LogP contribution is -2.38. The van der Waals surface area contributed by atoms with Gasteiger partial charge in [-0.15, -0.1) is 0 Å². The molecule has 2 aromatic rings. The summed E-state index contributed by atoms with van der Waals surface area (Å²) in [5, 5.41) is 6.19. The van der Waals surface area contributed by atoms with Crippen molar-refractivity contribution < 1.29 is 4.79 Å². The van der Waals surface area contributed by atoms with Crippen LogP contribution in [-0.2, 0) is 0 Å². The highest BCUT2D eigenvalue weighted by atomic mass is 16.2. The molecule has 0 fully saturated rings. The van der Waals surface area contributed by atoms with Gasteiger partial charge in [-0.1, -0.05) is 12.1 Å². The van der Waals surface area contributed by atoms with Crippen LogP contribution in [-0.4, -0.2) is 10.9 Å². The maximum Gasteiger partial charge on any atom is 0.255 e. The van der Waals surface area contributed by atoms with Crippen molar-refractivity contribution >= 4 is 11.6 Å². The molecule has 4 nitrogen and oxygen atoms in total. The molecule has 0 radical (unpaired) electrons. The first-order valence-electron chi connectivity index (χ1n) is 5.41. The zero-order valence-electron chi connectivity index (χ0n) is 9.05. The van der Waals surface area contributed by atoms with Gasteiger partial charge in [-0.3, -0.25) is 9.78 Å². The largest absolute Gasteiger partial charge is 0.361 e. The molecule has 84 valence electrons. The Balaban J connectivity index is 1.97. The first-order chi connectivity index (χ1) is 8.34. The van der Waals surface area contributed by atoms with E-state index in [1.807, 2.05) is 30.3 Å². The Kier molecular flexibility index (Phi) is 2.26. The Hall–Kier alpha value is -2.36. The number of nitrogens with one attached hydrogen (secondary N) is 2. The van der Waals surface area contributed by atoms with E-state index in [2.05, 4.69) is 15.6 Å². The van der Waals surface area contributed by atoms with Gasteiger partial charge in [0.15, 0.2) is 0 Å². The van der Waals surface area contributed by atoms with Crippen LogP contribution >= 0.6 is 0 Å². The molecule has 1 aromatic heterocycles. The minimum Gasteiger partial charge on any atom is -0.361 e. The van der Waals surface area contributed by atoms with E-state index in [0.717, 1.165) is 11.3 Å². The number of nitrogens with zero attached hydrogens (tertiary/aromatic N) is 1. The summed E-state index contributed by atoms with van der Waals surface area (Å²) in [6, 6.07) is 11.2. The summed E-state index contributed by atoms with van der Waals surface area (Å²) in [4.78, 5) is 15.9.